The molecule has 3 aromatic rings. The first-order chi connectivity index (χ1) is 17.0. The van der Waals surface area contributed by atoms with Gasteiger partial charge in [0.15, 0.2) is 5.16 Å². The molecule has 0 saturated heterocycles. The first kappa shape index (κ1) is 25.5. The summed E-state index contributed by atoms with van der Waals surface area (Å²) in [5, 5.41) is 1.25. The molecule has 7 heteroatoms. The molecule has 1 aromatic heterocycles. The van der Waals surface area contributed by atoms with Crippen molar-refractivity contribution in [3.8, 4) is 0 Å². The number of hydrogen-bond donors (Lipinski definition) is 0. The number of amides is 1. The van der Waals surface area contributed by atoms with Crippen LogP contribution in [-0.2, 0) is 17.8 Å². The fourth-order valence-electron chi connectivity index (χ4n) is 4.98. The SMILES string of the molecule is CCN(CC)CCCn1c(SCC(=O)N(C)C2CCCc3ccccc32)nc2ccccc2c1=O. The van der Waals surface area contributed by atoms with Gasteiger partial charge >= 0.3 is 0 Å². The van der Waals surface area contributed by atoms with Crippen LogP contribution in [0.1, 0.15) is 50.3 Å². The van der Waals surface area contributed by atoms with Crippen LogP contribution in [0, 0.1) is 0 Å². The lowest BCUT2D eigenvalue weighted by molar-refractivity contribution is -0.129. The zero-order valence-electron chi connectivity index (χ0n) is 21.1. The Morgan fingerprint density at radius 1 is 1.11 bits per heavy atom. The van der Waals surface area contributed by atoms with Crippen LogP contribution in [0.25, 0.3) is 10.9 Å². The van der Waals surface area contributed by atoms with E-state index >= 15 is 0 Å². The topological polar surface area (TPSA) is 58.4 Å². The molecule has 6 nitrogen and oxygen atoms in total. The summed E-state index contributed by atoms with van der Waals surface area (Å²) in [5.74, 6) is 0.324. The highest BCUT2D eigenvalue weighted by Gasteiger charge is 2.26. The number of carbonyl (C=O) groups is 1. The molecule has 0 bridgehead atoms. The van der Waals surface area contributed by atoms with Crippen molar-refractivity contribution in [1.82, 2.24) is 19.4 Å². The number of fused-ring (bicyclic) bond motifs is 2. The molecule has 1 atom stereocenters. The minimum absolute atomic E-state index is 0.0281. The van der Waals surface area contributed by atoms with E-state index in [-0.39, 0.29) is 23.3 Å². The molecule has 35 heavy (non-hydrogen) atoms. The minimum atomic E-state index is -0.0281. The van der Waals surface area contributed by atoms with Gasteiger partial charge in [-0.2, -0.15) is 0 Å². The van der Waals surface area contributed by atoms with Gasteiger partial charge in [-0.3, -0.25) is 14.2 Å². The van der Waals surface area contributed by atoms with Crippen molar-refractivity contribution >= 4 is 28.6 Å². The van der Waals surface area contributed by atoms with Crippen molar-refractivity contribution in [3.63, 3.8) is 0 Å². The van der Waals surface area contributed by atoms with E-state index < -0.39 is 0 Å². The van der Waals surface area contributed by atoms with Gasteiger partial charge in [-0.1, -0.05) is 62.0 Å². The number of hydrogen-bond acceptors (Lipinski definition) is 5. The Labute approximate surface area is 212 Å². The molecule has 1 aliphatic carbocycles. The van der Waals surface area contributed by atoms with Gasteiger partial charge in [-0.05, 0) is 68.6 Å². The second-order valence-corrected chi connectivity index (χ2v) is 10.1. The number of rotatable bonds is 10. The Morgan fingerprint density at radius 3 is 2.66 bits per heavy atom. The van der Waals surface area contributed by atoms with E-state index in [1.54, 1.807) is 4.57 Å². The summed E-state index contributed by atoms with van der Waals surface area (Å²) in [4.78, 5) is 35.6. The maximum absolute atomic E-state index is 13.3. The number of nitrogens with zero attached hydrogens (tertiary/aromatic N) is 4. The number of aryl methyl sites for hydroxylation is 1. The molecule has 1 heterocycles. The van der Waals surface area contributed by atoms with E-state index in [1.165, 1.54) is 22.9 Å². The van der Waals surface area contributed by atoms with Crippen molar-refractivity contribution in [2.75, 3.05) is 32.4 Å². The molecule has 0 spiro atoms. The average Bonchev–Trinajstić information content (AvgIpc) is 2.90. The average molecular weight is 493 g/mol. The highest BCUT2D eigenvalue weighted by atomic mass is 32.2. The second-order valence-electron chi connectivity index (χ2n) is 9.15. The van der Waals surface area contributed by atoms with Crippen LogP contribution in [0.4, 0.5) is 0 Å². The normalized spacial score (nSPS) is 15.4. The van der Waals surface area contributed by atoms with Crippen molar-refractivity contribution in [3.05, 3.63) is 70.0 Å². The molecule has 1 aliphatic rings. The lowest BCUT2D eigenvalue weighted by atomic mass is 9.87. The standard InChI is InChI=1S/C28H36N4O2S/c1-4-31(5-2)18-11-19-32-27(34)23-15-8-9-16-24(23)29-28(32)35-20-26(33)30(3)25-17-10-13-21-12-6-7-14-22(21)25/h6-9,12,14-16,25H,4-5,10-11,13,17-20H2,1-3H3. The van der Waals surface area contributed by atoms with E-state index in [1.807, 2.05) is 36.2 Å². The molecule has 1 unspecified atom stereocenters. The van der Waals surface area contributed by atoms with Gasteiger partial charge in [0.1, 0.15) is 0 Å². The van der Waals surface area contributed by atoms with Gasteiger partial charge in [0, 0.05) is 13.6 Å². The third-order valence-electron chi connectivity index (χ3n) is 7.10. The molecule has 0 radical (unpaired) electrons. The number of carbonyl (C=O) groups excluding carboxylic acids is 1. The van der Waals surface area contributed by atoms with Crippen molar-refractivity contribution in [1.29, 1.82) is 0 Å². The first-order valence-electron chi connectivity index (χ1n) is 12.7. The van der Waals surface area contributed by atoms with Gasteiger partial charge in [-0.25, -0.2) is 4.98 Å². The predicted octanol–water partition coefficient (Wildman–Crippen LogP) is 4.76. The highest BCUT2D eigenvalue weighted by Crippen LogP contribution is 2.34. The van der Waals surface area contributed by atoms with Crippen LogP contribution < -0.4 is 5.56 Å². The van der Waals surface area contributed by atoms with Crippen LogP contribution in [0.15, 0.2) is 58.5 Å². The van der Waals surface area contributed by atoms with Crippen LogP contribution in [0.3, 0.4) is 0 Å². The lowest BCUT2D eigenvalue weighted by Crippen LogP contribution is -2.34. The van der Waals surface area contributed by atoms with Crippen molar-refractivity contribution < 1.29 is 4.79 Å². The highest BCUT2D eigenvalue weighted by molar-refractivity contribution is 7.99. The third-order valence-corrected chi connectivity index (χ3v) is 8.06. The summed E-state index contributed by atoms with van der Waals surface area (Å²) in [5.41, 5.74) is 3.26. The van der Waals surface area contributed by atoms with E-state index in [4.69, 9.17) is 4.98 Å². The Balaban J connectivity index is 1.52. The van der Waals surface area contributed by atoms with E-state index in [0.717, 1.165) is 45.3 Å². The van der Waals surface area contributed by atoms with Gasteiger partial charge in [-0.15, -0.1) is 0 Å². The fraction of sp³-hybridized carbons (Fsp3) is 0.464. The smallest absolute Gasteiger partial charge is 0.262 e. The van der Waals surface area contributed by atoms with Gasteiger partial charge in [0.25, 0.3) is 5.56 Å². The molecule has 0 saturated carbocycles. The molecule has 0 fully saturated rings. The zero-order chi connectivity index (χ0) is 24.8. The first-order valence-corrected chi connectivity index (χ1v) is 13.7. The Kier molecular flexibility index (Phi) is 8.63. The monoisotopic (exact) mass is 492 g/mol. The summed E-state index contributed by atoms with van der Waals surface area (Å²) in [6, 6.07) is 16.0. The number of para-hydroxylation sites is 1. The van der Waals surface area contributed by atoms with E-state index in [9.17, 15) is 9.59 Å². The van der Waals surface area contributed by atoms with Gasteiger partial charge in [0.2, 0.25) is 5.91 Å². The van der Waals surface area contributed by atoms with Crippen molar-refractivity contribution in [2.45, 2.75) is 57.3 Å². The maximum atomic E-state index is 13.3. The van der Waals surface area contributed by atoms with Gasteiger partial charge in [0.05, 0.1) is 22.7 Å². The quantitative estimate of drug-likeness (QED) is 0.302. The third kappa shape index (κ3) is 5.78. The number of aromatic nitrogens is 2. The molecule has 0 aliphatic heterocycles. The van der Waals surface area contributed by atoms with Crippen LogP contribution >= 0.6 is 11.8 Å². The molecule has 2 aromatic carbocycles. The molecule has 1 amide bonds. The number of benzene rings is 2. The number of thioether (sulfide) groups is 1. The maximum Gasteiger partial charge on any atom is 0.262 e. The largest absolute Gasteiger partial charge is 0.338 e. The van der Waals surface area contributed by atoms with Gasteiger partial charge < -0.3 is 9.80 Å². The predicted molar refractivity (Wildman–Crippen MR) is 144 cm³/mol. The molecular formula is C28H36N4O2S. The molecule has 0 N–H and O–H groups in total. The Morgan fingerprint density at radius 2 is 1.86 bits per heavy atom. The molecule has 186 valence electrons. The fourth-order valence-corrected chi connectivity index (χ4v) is 5.93. The zero-order valence-corrected chi connectivity index (χ0v) is 21.9. The summed E-state index contributed by atoms with van der Waals surface area (Å²) in [6.45, 7) is 7.82. The summed E-state index contributed by atoms with van der Waals surface area (Å²) in [7, 11) is 1.90. The van der Waals surface area contributed by atoms with Crippen LogP contribution in [0.2, 0.25) is 0 Å². The van der Waals surface area contributed by atoms with E-state index in [2.05, 4.69) is 43.0 Å². The van der Waals surface area contributed by atoms with Crippen molar-refractivity contribution in [2.24, 2.45) is 0 Å². The molecular weight excluding hydrogens is 456 g/mol. The molecule has 4 rings (SSSR count). The Hall–Kier alpha value is -2.64. The lowest BCUT2D eigenvalue weighted by Gasteiger charge is -2.33. The minimum Gasteiger partial charge on any atom is -0.338 e. The second kappa shape index (κ2) is 11.9. The summed E-state index contributed by atoms with van der Waals surface area (Å²) in [6.07, 6.45) is 4.01. The van der Waals surface area contributed by atoms with Crippen LogP contribution in [0.5, 0.6) is 0 Å². The Bertz CT molecular complexity index is 1220. The summed E-state index contributed by atoms with van der Waals surface area (Å²) < 4.78 is 1.76. The van der Waals surface area contributed by atoms with E-state index in [0.29, 0.717) is 22.6 Å². The summed E-state index contributed by atoms with van der Waals surface area (Å²) >= 11 is 1.38. The van der Waals surface area contributed by atoms with Crippen LogP contribution in [-0.4, -0.2) is 57.7 Å².